The van der Waals surface area contributed by atoms with Crippen LogP contribution in [0.3, 0.4) is 0 Å². The van der Waals surface area contributed by atoms with Crippen LogP contribution in [-0.4, -0.2) is 33.6 Å². The molecule has 1 aromatic carbocycles. The molecule has 1 aliphatic heterocycles. The van der Waals surface area contributed by atoms with E-state index in [2.05, 4.69) is 63.4 Å². The van der Waals surface area contributed by atoms with Crippen LogP contribution in [0.4, 0.5) is 0 Å². The maximum absolute atomic E-state index is 6.31. The van der Waals surface area contributed by atoms with Crippen LogP contribution in [-0.2, 0) is 15.8 Å². The van der Waals surface area contributed by atoms with E-state index < -0.39 is 8.32 Å². The van der Waals surface area contributed by atoms with Gasteiger partial charge in [0.15, 0.2) is 8.32 Å². The Kier molecular flexibility index (Phi) is 5.83. The normalized spacial score (nSPS) is 23.0. The third-order valence-electron chi connectivity index (χ3n) is 4.96. The maximum atomic E-state index is 6.31. The van der Waals surface area contributed by atoms with Crippen LogP contribution in [0.15, 0.2) is 30.3 Å². The molecule has 0 amide bonds. The minimum absolute atomic E-state index is 0.273. The number of ether oxygens (including phenoxy) is 1. The summed E-state index contributed by atoms with van der Waals surface area (Å²) in [6, 6.07) is 10.8. The summed E-state index contributed by atoms with van der Waals surface area (Å²) in [4.78, 5) is 0. The Morgan fingerprint density at radius 3 is 2.50 bits per heavy atom. The number of rotatable bonds is 6. The molecule has 0 aromatic heterocycles. The van der Waals surface area contributed by atoms with Crippen LogP contribution in [0, 0.1) is 0 Å². The van der Waals surface area contributed by atoms with Gasteiger partial charge in [0, 0.05) is 19.2 Å². The average Bonchev–Trinajstić information content (AvgIpc) is 2.91. The standard InChI is InChI=1S/C18H31NO2Si/c1-18(2,3)22(4,5)21-14-16-11-17(12-19-16)20-13-15-9-7-6-8-10-15/h6-10,16-17,19H,11-14H2,1-5H3/t16-,17+/m0/s1. The summed E-state index contributed by atoms with van der Waals surface area (Å²) >= 11 is 0. The van der Waals surface area contributed by atoms with Gasteiger partial charge in [-0.15, -0.1) is 0 Å². The molecule has 124 valence electrons. The largest absolute Gasteiger partial charge is 0.415 e. The predicted molar refractivity (Wildman–Crippen MR) is 94.6 cm³/mol. The smallest absolute Gasteiger partial charge is 0.192 e. The second kappa shape index (κ2) is 7.26. The fourth-order valence-electron chi connectivity index (χ4n) is 2.35. The molecule has 0 aliphatic carbocycles. The van der Waals surface area contributed by atoms with Crippen LogP contribution < -0.4 is 5.32 Å². The molecule has 3 nitrogen and oxygen atoms in total. The second-order valence-electron chi connectivity index (χ2n) is 7.83. The topological polar surface area (TPSA) is 30.5 Å². The fourth-order valence-corrected chi connectivity index (χ4v) is 3.40. The van der Waals surface area contributed by atoms with Crippen molar-refractivity contribution in [1.29, 1.82) is 0 Å². The van der Waals surface area contributed by atoms with Crippen molar-refractivity contribution < 1.29 is 9.16 Å². The van der Waals surface area contributed by atoms with Crippen molar-refractivity contribution >= 4 is 8.32 Å². The Morgan fingerprint density at radius 2 is 1.86 bits per heavy atom. The van der Waals surface area contributed by atoms with E-state index >= 15 is 0 Å². The summed E-state index contributed by atoms with van der Waals surface area (Å²) in [5.41, 5.74) is 1.24. The van der Waals surface area contributed by atoms with E-state index in [4.69, 9.17) is 9.16 Å². The van der Waals surface area contributed by atoms with Crippen molar-refractivity contribution in [3.63, 3.8) is 0 Å². The van der Waals surface area contributed by atoms with Gasteiger partial charge in [0.2, 0.25) is 0 Å². The van der Waals surface area contributed by atoms with Crippen molar-refractivity contribution in [2.24, 2.45) is 0 Å². The van der Waals surface area contributed by atoms with Crippen molar-refractivity contribution in [3.05, 3.63) is 35.9 Å². The van der Waals surface area contributed by atoms with Gasteiger partial charge in [-0.05, 0) is 30.1 Å². The Hall–Kier alpha value is -0.683. The zero-order valence-corrected chi connectivity index (χ0v) is 15.7. The molecule has 22 heavy (non-hydrogen) atoms. The molecule has 2 atom stereocenters. The van der Waals surface area contributed by atoms with Crippen molar-refractivity contribution in [2.75, 3.05) is 13.2 Å². The van der Waals surface area contributed by atoms with E-state index in [9.17, 15) is 0 Å². The highest BCUT2D eigenvalue weighted by atomic mass is 28.4. The lowest BCUT2D eigenvalue weighted by atomic mass is 10.2. The van der Waals surface area contributed by atoms with E-state index in [0.717, 1.165) is 19.6 Å². The lowest BCUT2D eigenvalue weighted by Crippen LogP contribution is -2.43. The van der Waals surface area contributed by atoms with Gasteiger partial charge in [-0.2, -0.15) is 0 Å². The van der Waals surface area contributed by atoms with Gasteiger partial charge < -0.3 is 14.5 Å². The lowest BCUT2D eigenvalue weighted by Gasteiger charge is -2.37. The first kappa shape index (κ1) is 17.7. The minimum Gasteiger partial charge on any atom is -0.415 e. The second-order valence-corrected chi connectivity index (χ2v) is 12.6. The van der Waals surface area contributed by atoms with Gasteiger partial charge >= 0.3 is 0 Å². The lowest BCUT2D eigenvalue weighted by molar-refractivity contribution is 0.0513. The molecule has 1 heterocycles. The maximum Gasteiger partial charge on any atom is 0.192 e. The van der Waals surface area contributed by atoms with E-state index in [1.807, 2.05) is 6.07 Å². The molecule has 0 radical (unpaired) electrons. The third kappa shape index (κ3) is 4.91. The Balaban J connectivity index is 1.72. The summed E-state index contributed by atoms with van der Waals surface area (Å²) < 4.78 is 12.3. The quantitative estimate of drug-likeness (QED) is 0.805. The van der Waals surface area contributed by atoms with Gasteiger partial charge in [-0.3, -0.25) is 0 Å². The number of nitrogens with one attached hydrogen (secondary N) is 1. The monoisotopic (exact) mass is 321 g/mol. The van der Waals surface area contributed by atoms with Crippen LogP contribution in [0.1, 0.15) is 32.8 Å². The summed E-state index contributed by atoms with van der Waals surface area (Å²) in [5.74, 6) is 0. The molecule has 1 N–H and O–H groups in total. The fraction of sp³-hybridized carbons (Fsp3) is 0.667. The number of hydrogen-bond acceptors (Lipinski definition) is 3. The molecule has 0 spiro atoms. The first-order valence-corrected chi connectivity index (χ1v) is 11.2. The summed E-state index contributed by atoms with van der Waals surface area (Å²) in [5, 5.41) is 3.81. The number of hydrogen-bond donors (Lipinski definition) is 1. The van der Waals surface area contributed by atoms with Crippen LogP contribution in [0.5, 0.6) is 0 Å². The van der Waals surface area contributed by atoms with E-state index in [0.29, 0.717) is 18.8 Å². The molecule has 1 fully saturated rings. The first-order chi connectivity index (χ1) is 10.3. The highest BCUT2D eigenvalue weighted by molar-refractivity contribution is 6.74. The highest BCUT2D eigenvalue weighted by Gasteiger charge is 2.38. The third-order valence-corrected chi connectivity index (χ3v) is 9.46. The SMILES string of the molecule is CC(C)(C)[Si](C)(C)OC[C@@H]1C[C@@H](OCc2ccccc2)CN1. The van der Waals surface area contributed by atoms with Gasteiger partial charge in [0.1, 0.15) is 0 Å². The minimum atomic E-state index is -1.65. The molecular weight excluding hydrogens is 290 g/mol. The predicted octanol–water partition coefficient (Wildman–Crippen LogP) is 3.96. The van der Waals surface area contributed by atoms with E-state index in [1.165, 1.54) is 5.56 Å². The molecule has 0 saturated carbocycles. The van der Waals surface area contributed by atoms with Crippen molar-refractivity contribution in [3.8, 4) is 0 Å². The molecular formula is C18H31NO2Si. The Labute approximate surface area is 136 Å². The van der Waals surface area contributed by atoms with Crippen LogP contribution in [0.2, 0.25) is 18.1 Å². The zero-order chi connectivity index (χ0) is 16.2. The summed E-state index contributed by atoms with van der Waals surface area (Å²) in [7, 11) is -1.65. The summed E-state index contributed by atoms with van der Waals surface area (Å²) in [6.07, 6.45) is 1.34. The van der Waals surface area contributed by atoms with Gasteiger partial charge in [-0.25, -0.2) is 0 Å². The van der Waals surface area contributed by atoms with Crippen LogP contribution >= 0.6 is 0 Å². The van der Waals surface area contributed by atoms with Gasteiger partial charge in [-0.1, -0.05) is 51.1 Å². The molecule has 2 rings (SSSR count). The Morgan fingerprint density at radius 1 is 1.18 bits per heavy atom. The van der Waals surface area contributed by atoms with Crippen LogP contribution in [0.25, 0.3) is 0 Å². The van der Waals surface area contributed by atoms with Gasteiger partial charge in [0.05, 0.1) is 12.7 Å². The number of benzene rings is 1. The molecule has 0 unspecified atom stereocenters. The van der Waals surface area contributed by atoms with Crippen molar-refractivity contribution in [1.82, 2.24) is 5.32 Å². The molecule has 1 saturated heterocycles. The van der Waals surface area contributed by atoms with Gasteiger partial charge in [0.25, 0.3) is 0 Å². The zero-order valence-electron chi connectivity index (χ0n) is 14.7. The first-order valence-electron chi connectivity index (χ1n) is 8.31. The molecule has 4 heteroatoms. The van der Waals surface area contributed by atoms with E-state index in [1.54, 1.807) is 0 Å². The van der Waals surface area contributed by atoms with Crippen molar-refractivity contribution in [2.45, 2.75) is 64.1 Å². The van der Waals surface area contributed by atoms with E-state index in [-0.39, 0.29) is 5.04 Å². The Bertz CT molecular complexity index is 456. The molecule has 1 aromatic rings. The highest BCUT2D eigenvalue weighted by Crippen LogP contribution is 2.36. The average molecular weight is 322 g/mol. The molecule has 0 bridgehead atoms. The summed E-state index contributed by atoms with van der Waals surface area (Å²) in [6.45, 7) is 13.9. The molecule has 1 aliphatic rings.